The molecule has 0 aliphatic carbocycles. The number of benzene rings is 15. The van der Waals surface area contributed by atoms with Crippen molar-refractivity contribution in [3.05, 3.63) is 255 Å². The van der Waals surface area contributed by atoms with Gasteiger partial charge in [0.2, 0.25) is 0 Å². The van der Waals surface area contributed by atoms with E-state index in [1.807, 2.05) is 0 Å². The van der Waals surface area contributed by atoms with Gasteiger partial charge >= 0.3 is 0 Å². The first-order chi connectivity index (χ1) is 39.2. The lowest BCUT2D eigenvalue weighted by molar-refractivity contribution is 1.05. The zero-order chi connectivity index (χ0) is 51.4. The fourth-order valence-corrected chi connectivity index (χ4v) is 14.3. The Balaban J connectivity index is 1.04. The topological polar surface area (TPSA) is 45.2 Å². The van der Waals surface area contributed by atoms with Gasteiger partial charge < -0.3 is 9.80 Å². The number of hydrogen-bond donors (Lipinski definition) is 0. The maximum absolute atomic E-state index is 4.88. The zero-order valence-electron chi connectivity index (χ0n) is 42.6. The molecule has 6 heteroatoms. The van der Waals surface area contributed by atoms with Crippen LogP contribution in [0.4, 0.5) is 34.1 Å². The van der Waals surface area contributed by atoms with Crippen LogP contribution in [0.3, 0.4) is 0 Å². The molecule has 2 aliphatic heterocycles. The molecule has 0 N–H and O–H groups in total. The van der Waals surface area contributed by atoms with E-state index in [2.05, 4.69) is 257 Å². The van der Waals surface area contributed by atoms with E-state index in [-0.39, 0.29) is 6.71 Å². The molecule has 0 unspecified atom stereocenters. The molecule has 0 amide bonds. The Bertz CT molecular complexity index is 4870. The second kappa shape index (κ2) is 16.1. The van der Waals surface area contributed by atoms with Crippen LogP contribution in [0.5, 0.6) is 0 Å². The Morgan fingerprint density at radius 1 is 0.266 bits per heavy atom. The van der Waals surface area contributed by atoms with Gasteiger partial charge in [-0.1, -0.05) is 194 Å². The monoisotopic (exact) mass is 999 g/mol. The maximum Gasteiger partial charge on any atom is 0.253 e. The number of aromatic nitrogens is 3. The molecule has 362 valence electrons. The Labute approximate surface area is 454 Å². The smallest absolute Gasteiger partial charge is 0.253 e. The van der Waals surface area contributed by atoms with E-state index in [0.29, 0.717) is 5.82 Å². The molecule has 15 aromatic carbocycles. The molecular formula is C73H42BN5. The van der Waals surface area contributed by atoms with Crippen molar-refractivity contribution in [1.82, 2.24) is 15.0 Å². The Kier molecular flexibility index (Phi) is 8.69. The van der Waals surface area contributed by atoms with Crippen LogP contribution in [-0.4, -0.2) is 21.7 Å². The molecule has 1 aromatic heterocycles. The Morgan fingerprint density at radius 2 is 0.620 bits per heavy atom. The molecule has 2 aliphatic rings. The molecule has 0 atom stereocenters. The molecule has 0 radical (unpaired) electrons. The van der Waals surface area contributed by atoms with Crippen LogP contribution in [0.1, 0.15) is 0 Å². The molecule has 0 bridgehead atoms. The van der Waals surface area contributed by atoms with Crippen molar-refractivity contribution in [2.45, 2.75) is 0 Å². The third-order valence-electron chi connectivity index (χ3n) is 17.5. The summed E-state index contributed by atoms with van der Waals surface area (Å²) in [5.74, 6) is 0.615. The van der Waals surface area contributed by atoms with Gasteiger partial charge in [0.05, 0.1) is 0 Å². The van der Waals surface area contributed by atoms with Crippen LogP contribution in [-0.2, 0) is 0 Å². The molecule has 0 saturated carbocycles. The fraction of sp³-hybridized carbons (Fsp3) is 0. The third kappa shape index (κ3) is 5.92. The van der Waals surface area contributed by atoms with Crippen molar-refractivity contribution in [3.63, 3.8) is 0 Å². The average Bonchev–Trinajstić information content (AvgIpc) is 3.65. The molecule has 3 heterocycles. The van der Waals surface area contributed by atoms with Crippen LogP contribution >= 0.6 is 0 Å². The molecule has 16 aromatic rings. The van der Waals surface area contributed by atoms with Crippen molar-refractivity contribution in [2.75, 3.05) is 9.80 Å². The second-order valence-corrected chi connectivity index (χ2v) is 21.4. The zero-order valence-corrected chi connectivity index (χ0v) is 42.6. The van der Waals surface area contributed by atoms with Gasteiger partial charge in [0.15, 0.2) is 5.82 Å². The fourth-order valence-electron chi connectivity index (χ4n) is 14.3. The van der Waals surface area contributed by atoms with Gasteiger partial charge in [0.25, 0.3) is 6.71 Å². The lowest BCUT2D eigenvalue weighted by Crippen LogP contribution is -2.61. The van der Waals surface area contributed by atoms with Gasteiger partial charge in [-0.05, 0) is 173 Å². The van der Waals surface area contributed by atoms with Gasteiger partial charge in [-0.15, -0.1) is 0 Å². The average molecular weight is 1000 g/mol. The predicted molar refractivity (Wildman–Crippen MR) is 333 cm³/mol. The van der Waals surface area contributed by atoms with Crippen LogP contribution in [0.25, 0.3) is 120 Å². The summed E-state index contributed by atoms with van der Waals surface area (Å²) < 4.78 is 0. The maximum atomic E-state index is 4.88. The minimum absolute atomic E-state index is 0.211. The van der Waals surface area contributed by atoms with E-state index in [4.69, 9.17) is 9.97 Å². The summed E-state index contributed by atoms with van der Waals surface area (Å²) in [5.41, 5.74) is 16.0. The number of anilines is 6. The summed E-state index contributed by atoms with van der Waals surface area (Å²) in [4.78, 5) is 19.2. The lowest BCUT2D eigenvalue weighted by Gasteiger charge is -2.45. The molecule has 0 spiro atoms. The van der Waals surface area contributed by atoms with Crippen LogP contribution in [0.2, 0.25) is 0 Å². The van der Waals surface area contributed by atoms with Crippen molar-refractivity contribution in [1.29, 1.82) is 0 Å². The van der Waals surface area contributed by atoms with Crippen molar-refractivity contribution in [2.24, 2.45) is 0 Å². The molecule has 5 nitrogen and oxygen atoms in total. The van der Waals surface area contributed by atoms with Crippen LogP contribution in [0.15, 0.2) is 255 Å². The molecule has 79 heavy (non-hydrogen) atoms. The summed E-state index contributed by atoms with van der Waals surface area (Å²) >= 11 is 0. The molecule has 0 fully saturated rings. The van der Waals surface area contributed by atoms with Gasteiger partial charge in [0.1, 0.15) is 12.7 Å². The number of hydrogen-bond acceptors (Lipinski definition) is 5. The summed E-state index contributed by atoms with van der Waals surface area (Å²) in [6.07, 6.45) is 3.22. The van der Waals surface area contributed by atoms with Crippen molar-refractivity contribution >= 4 is 143 Å². The van der Waals surface area contributed by atoms with Crippen LogP contribution in [0, 0.1) is 0 Å². The number of fused-ring (bicyclic) bond motifs is 10. The van der Waals surface area contributed by atoms with E-state index in [1.54, 1.807) is 12.7 Å². The SMILES string of the molecule is c1ccc(-c2ccc(N3c4cc(-c5ncncn5)cc5c4B(c4c3cc3c6cccc7cccc(c8cccc4c83)c76)c3c(cc4c6cccc7cccc(c8cccc3c84)c76)N5c3ccc(-c4ccccc4)cc3)cc2)cc1. The van der Waals surface area contributed by atoms with Gasteiger partial charge in [-0.3, -0.25) is 0 Å². The second-order valence-electron chi connectivity index (χ2n) is 21.4. The molecule has 0 saturated heterocycles. The molecule has 18 rings (SSSR count). The largest absolute Gasteiger partial charge is 0.311 e. The van der Waals surface area contributed by atoms with E-state index >= 15 is 0 Å². The summed E-state index contributed by atoms with van der Waals surface area (Å²) in [6.45, 7) is -0.211. The van der Waals surface area contributed by atoms with Crippen molar-refractivity contribution < 1.29 is 0 Å². The highest BCUT2D eigenvalue weighted by molar-refractivity contribution is 7.03. The van der Waals surface area contributed by atoms with Gasteiger partial charge in [-0.2, -0.15) is 0 Å². The van der Waals surface area contributed by atoms with Crippen molar-refractivity contribution in [3.8, 4) is 33.6 Å². The van der Waals surface area contributed by atoms with E-state index in [0.717, 1.165) is 50.8 Å². The molecular weight excluding hydrogens is 958 g/mol. The lowest BCUT2D eigenvalue weighted by atomic mass is 9.32. The van der Waals surface area contributed by atoms with E-state index in [9.17, 15) is 0 Å². The Hall–Kier alpha value is -10.4. The van der Waals surface area contributed by atoms with E-state index in [1.165, 1.54) is 114 Å². The normalized spacial score (nSPS) is 13.0. The summed E-state index contributed by atoms with van der Waals surface area (Å²) in [7, 11) is 0. The highest BCUT2D eigenvalue weighted by Gasteiger charge is 2.46. The first-order valence-corrected chi connectivity index (χ1v) is 27.2. The first kappa shape index (κ1) is 42.8. The standard InChI is InChI=1S/C73H42BN5/c1-3-13-43(14-4-1)45-29-33-50(34-30-45)78-62-37-49(73-76-41-75-42-77-73)38-63-72(62)74(70-58-27-11-25-54-52-21-7-17-47-19-9-23-56(66(47)52)60(68(54)58)39-64(70)78)71-59-28-12-26-55-53-22-8-18-48-20-10-24-57(67(48)53)61(69(55)59)40-65(71)79(63)51-35-31-46(32-36-51)44-15-5-2-6-16-44/h1-42H. The predicted octanol–water partition coefficient (Wildman–Crippen LogP) is 17.1. The number of nitrogens with zero attached hydrogens (tertiary/aromatic N) is 5. The minimum Gasteiger partial charge on any atom is -0.311 e. The quantitative estimate of drug-likeness (QED) is 0.0977. The summed E-state index contributed by atoms with van der Waals surface area (Å²) in [6, 6.07) is 90.9. The minimum atomic E-state index is -0.211. The highest BCUT2D eigenvalue weighted by Crippen LogP contribution is 2.52. The van der Waals surface area contributed by atoms with E-state index < -0.39 is 0 Å². The van der Waals surface area contributed by atoms with Crippen LogP contribution < -0.4 is 26.2 Å². The number of rotatable bonds is 5. The van der Waals surface area contributed by atoms with Gasteiger partial charge in [0, 0.05) is 39.7 Å². The Morgan fingerprint density at radius 3 is 1.05 bits per heavy atom. The summed E-state index contributed by atoms with van der Waals surface area (Å²) in [5, 5.41) is 20.3. The first-order valence-electron chi connectivity index (χ1n) is 27.2. The van der Waals surface area contributed by atoms with Gasteiger partial charge in [-0.25, -0.2) is 15.0 Å². The third-order valence-corrected chi connectivity index (χ3v) is 17.5. The highest BCUT2D eigenvalue weighted by atomic mass is 15.2.